The van der Waals surface area contributed by atoms with Gasteiger partial charge >= 0.3 is 0 Å². The fourth-order valence-corrected chi connectivity index (χ4v) is 2.85. The fraction of sp³-hybridized carbons (Fsp3) is 0.600. The molecule has 3 N–H and O–H groups in total. The summed E-state index contributed by atoms with van der Waals surface area (Å²) in [4.78, 5) is 24.0. The molecule has 0 aliphatic heterocycles. The zero-order valence-electron chi connectivity index (χ0n) is 15.4. The number of ketones is 1. The molecule has 1 aromatic carbocycles. The summed E-state index contributed by atoms with van der Waals surface area (Å²) in [6.07, 6.45) is 7.82. The van der Waals surface area contributed by atoms with Gasteiger partial charge < -0.3 is 11.1 Å². The highest BCUT2D eigenvalue weighted by Crippen LogP contribution is 2.15. The van der Waals surface area contributed by atoms with Crippen molar-refractivity contribution in [2.45, 2.75) is 71.8 Å². The van der Waals surface area contributed by atoms with Crippen LogP contribution in [0.15, 0.2) is 18.2 Å². The van der Waals surface area contributed by atoms with Gasteiger partial charge in [0.25, 0.3) is 5.91 Å². The molecule has 0 aromatic heterocycles. The van der Waals surface area contributed by atoms with Gasteiger partial charge in [-0.2, -0.15) is 0 Å². The van der Waals surface area contributed by atoms with Gasteiger partial charge in [-0.25, -0.2) is 0 Å². The third-order valence-electron chi connectivity index (χ3n) is 4.36. The number of hydrogen-bond donors (Lipinski definition) is 2. The van der Waals surface area contributed by atoms with Gasteiger partial charge in [0.05, 0.1) is 6.04 Å². The largest absolute Gasteiger partial charge is 0.342 e. The zero-order chi connectivity index (χ0) is 17.9. The van der Waals surface area contributed by atoms with Crippen LogP contribution in [-0.2, 0) is 11.2 Å². The van der Waals surface area contributed by atoms with E-state index in [1.807, 2.05) is 19.1 Å². The average molecular weight is 332 g/mol. The van der Waals surface area contributed by atoms with Crippen LogP contribution in [0.4, 0.5) is 0 Å². The van der Waals surface area contributed by atoms with E-state index in [1.165, 1.54) is 44.6 Å². The molecule has 0 heterocycles. The monoisotopic (exact) mass is 332 g/mol. The van der Waals surface area contributed by atoms with Crippen LogP contribution in [0.25, 0.3) is 0 Å². The lowest BCUT2D eigenvalue weighted by atomic mass is 9.99. The third-order valence-corrected chi connectivity index (χ3v) is 4.36. The van der Waals surface area contributed by atoms with E-state index < -0.39 is 6.04 Å². The Hall–Kier alpha value is -1.68. The van der Waals surface area contributed by atoms with Gasteiger partial charge in [0, 0.05) is 5.56 Å². The molecule has 0 saturated carbocycles. The molecule has 0 unspecified atom stereocenters. The molecule has 0 fully saturated rings. The molecule has 134 valence electrons. The third kappa shape index (κ3) is 6.83. The number of amides is 1. The molecular weight excluding hydrogens is 300 g/mol. The topological polar surface area (TPSA) is 72.2 Å². The number of carbonyl (C=O) groups excluding carboxylic acids is 2. The Bertz CT molecular complexity index is 540. The van der Waals surface area contributed by atoms with E-state index >= 15 is 0 Å². The smallest absolute Gasteiger partial charge is 0.252 e. The lowest BCUT2D eigenvalue weighted by Gasteiger charge is -2.16. The van der Waals surface area contributed by atoms with Crippen molar-refractivity contribution in [1.29, 1.82) is 0 Å². The number of unbranched alkanes of at least 4 members (excludes halogenated alkanes) is 4. The highest BCUT2D eigenvalue weighted by atomic mass is 16.2. The summed E-state index contributed by atoms with van der Waals surface area (Å²) < 4.78 is 0. The van der Waals surface area contributed by atoms with Crippen LogP contribution in [0.5, 0.6) is 0 Å². The maximum absolute atomic E-state index is 12.4. The van der Waals surface area contributed by atoms with E-state index in [0.29, 0.717) is 18.5 Å². The van der Waals surface area contributed by atoms with Crippen molar-refractivity contribution in [2.24, 2.45) is 5.73 Å². The molecule has 4 nitrogen and oxygen atoms in total. The lowest BCUT2D eigenvalue weighted by molar-refractivity contribution is -0.118. The van der Waals surface area contributed by atoms with Gasteiger partial charge in [0.1, 0.15) is 0 Å². The fourth-order valence-electron chi connectivity index (χ4n) is 2.85. The Morgan fingerprint density at radius 1 is 1.17 bits per heavy atom. The first-order valence-electron chi connectivity index (χ1n) is 9.10. The quantitative estimate of drug-likeness (QED) is 0.609. The number of rotatable bonds is 11. The SMILES string of the molecule is CCCCCCCc1ccc(C(=O)N[C@@H](CCN)C(C)=O)c(C)c1. The van der Waals surface area contributed by atoms with Gasteiger partial charge in [-0.15, -0.1) is 0 Å². The van der Waals surface area contributed by atoms with E-state index in [1.54, 1.807) is 0 Å². The number of aryl methyl sites for hydroxylation is 2. The van der Waals surface area contributed by atoms with Crippen molar-refractivity contribution in [2.75, 3.05) is 6.54 Å². The van der Waals surface area contributed by atoms with Crippen LogP contribution in [0.3, 0.4) is 0 Å². The molecule has 0 radical (unpaired) electrons. The van der Waals surface area contributed by atoms with Crippen molar-refractivity contribution in [3.8, 4) is 0 Å². The van der Waals surface area contributed by atoms with Gasteiger partial charge in [-0.3, -0.25) is 9.59 Å². The Balaban J connectivity index is 2.62. The maximum Gasteiger partial charge on any atom is 0.252 e. The summed E-state index contributed by atoms with van der Waals surface area (Å²) in [6, 6.07) is 5.47. The van der Waals surface area contributed by atoms with E-state index in [2.05, 4.69) is 18.3 Å². The number of nitrogens with two attached hydrogens (primary N) is 1. The summed E-state index contributed by atoms with van der Waals surface area (Å²) in [5.41, 5.74) is 8.36. The number of Topliss-reactive ketones (excluding diaryl/α,β-unsaturated/α-hetero) is 1. The first kappa shape index (κ1) is 20.4. The predicted molar refractivity (Wildman–Crippen MR) is 99.2 cm³/mol. The summed E-state index contributed by atoms with van der Waals surface area (Å²) in [5.74, 6) is -0.259. The predicted octanol–water partition coefficient (Wildman–Crippen LogP) is 3.54. The van der Waals surface area contributed by atoms with Crippen LogP contribution >= 0.6 is 0 Å². The molecular formula is C20H32N2O2. The van der Waals surface area contributed by atoms with Gasteiger partial charge in [0.2, 0.25) is 0 Å². The molecule has 0 bridgehead atoms. The van der Waals surface area contributed by atoms with Crippen molar-refractivity contribution < 1.29 is 9.59 Å². The van der Waals surface area contributed by atoms with Crippen LogP contribution in [0.2, 0.25) is 0 Å². The zero-order valence-corrected chi connectivity index (χ0v) is 15.4. The van der Waals surface area contributed by atoms with Crippen LogP contribution < -0.4 is 11.1 Å². The average Bonchev–Trinajstić information content (AvgIpc) is 2.54. The van der Waals surface area contributed by atoms with E-state index in [0.717, 1.165) is 12.0 Å². The minimum atomic E-state index is -0.500. The summed E-state index contributed by atoms with van der Waals surface area (Å²) in [7, 11) is 0. The van der Waals surface area contributed by atoms with E-state index in [4.69, 9.17) is 5.73 Å². The van der Waals surface area contributed by atoms with Crippen molar-refractivity contribution in [1.82, 2.24) is 5.32 Å². The Kier molecular flexibility index (Phi) is 9.31. The summed E-state index contributed by atoms with van der Waals surface area (Å²) >= 11 is 0. The van der Waals surface area contributed by atoms with E-state index in [9.17, 15) is 9.59 Å². The van der Waals surface area contributed by atoms with Crippen LogP contribution in [0.1, 0.15) is 73.9 Å². The molecule has 1 aromatic rings. The molecule has 24 heavy (non-hydrogen) atoms. The minimum absolute atomic E-state index is 0.0600. The molecule has 1 rings (SSSR count). The van der Waals surface area contributed by atoms with Crippen LogP contribution in [0, 0.1) is 6.92 Å². The standard InChI is InChI=1S/C20H32N2O2/c1-4-5-6-7-8-9-17-10-11-18(15(2)14-17)20(24)22-19(12-13-21)16(3)23/h10-11,14,19H,4-9,12-13,21H2,1-3H3,(H,22,24)/t19-/m0/s1. The van der Waals surface area contributed by atoms with E-state index in [-0.39, 0.29) is 11.7 Å². The second kappa shape index (κ2) is 11.0. The number of benzene rings is 1. The molecule has 1 atom stereocenters. The highest BCUT2D eigenvalue weighted by molar-refractivity contribution is 5.98. The summed E-state index contributed by atoms with van der Waals surface area (Å²) in [6.45, 7) is 6.02. The molecule has 1 amide bonds. The Morgan fingerprint density at radius 3 is 2.46 bits per heavy atom. The lowest BCUT2D eigenvalue weighted by Crippen LogP contribution is -2.41. The minimum Gasteiger partial charge on any atom is -0.342 e. The molecule has 0 aliphatic rings. The first-order chi connectivity index (χ1) is 11.5. The second-order valence-corrected chi connectivity index (χ2v) is 6.53. The highest BCUT2D eigenvalue weighted by Gasteiger charge is 2.18. The Morgan fingerprint density at radius 2 is 1.88 bits per heavy atom. The van der Waals surface area contributed by atoms with Crippen molar-refractivity contribution >= 4 is 11.7 Å². The normalized spacial score (nSPS) is 12.0. The summed E-state index contributed by atoms with van der Waals surface area (Å²) in [5, 5.41) is 2.79. The second-order valence-electron chi connectivity index (χ2n) is 6.53. The van der Waals surface area contributed by atoms with Crippen molar-refractivity contribution in [3.63, 3.8) is 0 Å². The maximum atomic E-state index is 12.4. The molecule has 0 saturated heterocycles. The molecule has 4 heteroatoms. The molecule has 0 aliphatic carbocycles. The van der Waals surface area contributed by atoms with Crippen molar-refractivity contribution in [3.05, 3.63) is 34.9 Å². The van der Waals surface area contributed by atoms with Crippen LogP contribution in [-0.4, -0.2) is 24.3 Å². The van der Waals surface area contributed by atoms with Gasteiger partial charge in [-0.1, -0.05) is 44.7 Å². The molecule has 0 spiro atoms. The van der Waals surface area contributed by atoms with Gasteiger partial charge in [-0.05, 0) is 56.8 Å². The number of carbonyl (C=O) groups is 2. The number of hydrogen-bond acceptors (Lipinski definition) is 3. The van der Waals surface area contributed by atoms with Gasteiger partial charge in [0.15, 0.2) is 5.78 Å². The number of nitrogens with one attached hydrogen (secondary N) is 1. The first-order valence-corrected chi connectivity index (χ1v) is 9.10. The Labute approximate surface area is 146 Å².